The van der Waals surface area contributed by atoms with E-state index in [0.717, 1.165) is 32.4 Å². The molecule has 0 bridgehead atoms. The zero-order chi connectivity index (χ0) is 9.68. The third kappa shape index (κ3) is 3.11. The monoisotopic (exact) mass is 183 g/mol. The first-order valence-electron chi connectivity index (χ1n) is 5.53. The van der Waals surface area contributed by atoms with Gasteiger partial charge < -0.3 is 4.90 Å². The highest BCUT2D eigenvalue weighted by Gasteiger charge is 2.27. The van der Waals surface area contributed by atoms with Crippen LogP contribution in [0.4, 0.5) is 0 Å². The second kappa shape index (κ2) is 5.38. The lowest BCUT2D eigenvalue weighted by Crippen LogP contribution is -2.32. The number of ketones is 1. The van der Waals surface area contributed by atoms with Gasteiger partial charge in [-0.3, -0.25) is 4.79 Å². The fourth-order valence-electron chi connectivity index (χ4n) is 1.85. The molecule has 76 valence electrons. The Kier molecular flexibility index (Phi) is 4.43. The molecular formula is C11H21NO. The van der Waals surface area contributed by atoms with Crippen LogP contribution in [0.15, 0.2) is 0 Å². The van der Waals surface area contributed by atoms with Crippen LogP contribution >= 0.6 is 0 Å². The molecule has 0 saturated heterocycles. The van der Waals surface area contributed by atoms with Crippen molar-refractivity contribution in [3.63, 3.8) is 0 Å². The summed E-state index contributed by atoms with van der Waals surface area (Å²) >= 11 is 0. The van der Waals surface area contributed by atoms with Crippen molar-refractivity contribution in [2.45, 2.75) is 39.5 Å². The van der Waals surface area contributed by atoms with Crippen LogP contribution in [-0.4, -0.2) is 30.3 Å². The SMILES string of the molecule is CCCN(CC)CCC1CCC1=O. The quantitative estimate of drug-likeness (QED) is 0.628. The maximum atomic E-state index is 11.1. The summed E-state index contributed by atoms with van der Waals surface area (Å²) in [5.41, 5.74) is 0. The van der Waals surface area contributed by atoms with E-state index in [9.17, 15) is 4.79 Å². The molecule has 1 saturated carbocycles. The van der Waals surface area contributed by atoms with Crippen LogP contribution < -0.4 is 0 Å². The van der Waals surface area contributed by atoms with Crippen LogP contribution in [0.25, 0.3) is 0 Å². The molecule has 1 fully saturated rings. The third-order valence-electron chi connectivity index (χ3n) is 2.98. The van der Waals surface area contributed by atoms with E-state index in [4.69, 9.17) is 0 Å². The Hall–Kier alpha value is -0.370. The second-order valence-corrected chi connectivity index (χ2v) is 3.92. The molecule has 0 N–H and O–H groups in total. The number of carbonyl (C=O) groups is 1. The van der Waals surface area contributed by atoms with Crippen molar-refractivity contribution in [2.75, 3.05) is 19.6 Å². The van der Waals surface area contributed by atoms with Crippen molar-refractivity contribution in [2.24, 2.45) is 5.92 Å². The highest BCUT2D eigenvalue weighted by molar-refractivity contribution is 5.86. The van der Waals surface area contributed by atoms with Gasteiger partial charge in [0, 0.05) is 12.3 Å². The van der Waals surface area contributed by atoms with Gasteiger partial charge in [-0.1, -0.05) is 13.8 Å². The predicted octanol–water partition coefficient (Wildman–Crippen LogP) is 2.09. The molecular weight excluding hydrogens is 162 g/mol. The molecule has 1 rings (SSSR count). The lowest BCUT2D eigenvalue weighted by atomic mass is 9.81. The normalized spacial score (nSPS) is 22.1. The number of carbonyl (C=O) groups excluding carboxylic acids is 1. The van der Waals surface area contributed by atoms with Gasteiger partial charge in [0.15, 0.2) is 0 Å². The minimum absolute atomic E-state index is 0.408. The first-order chi connectivity index (χ1) is 6.27. The van der Waals surface area contributed by atoms with E-state index < -0.39 is 0 Å². The van der Waals surface area contributed by atoms with Gasteiger partial charge in [0.1, 0.15) is 5.78 Å². The van der Waals surface area contributed by atoms with E-state index in [0.29, 0.717) is 11.7 Å². The van der Waals surface area contributed by atoms with Crippen LogP contribution in [0.5, 0.6) is 0 Å². The zero-order valence-corrected chi connectivity index (χ0v) is 8.88. The van der Waals surface area contributed by atoms with Gasteiger partial charge in [-0.05, 0) is 38.9 Å². The first kappa shape index (κ1) is 10.7. The molecule has 0 amide bonds. The van der Waals surface area contributed by atoms with Gasteiger partial charge in [-0.25, -0.2) is 0 Å². The van der Waals surface area contributed by atoms with Gasteiger partial charge in [0.25, 0.3) is 0 Å². The standard InChI is InChI=1S/C11H21NO/c1-3-8-12(4-2)9-7-10-5-6-11(10)13/h10H,3-9H2,1-2H3. The van der Waals surface area contributed by atoms with Crippen LogP contribution in [0.1, 0.15) is 39.5 Å². The van der Waals surface area contributed by atoms with Crippen molar-refractivity contribution in [1.82, 2.24) is 4.90 Å². The van der Waals surface area contributed by atoms with Gasteiger partial charge in [-0.15, -0.1) is 0 Å². The lowest BCUT2D eigenvalue weighted by Gasteiger charge is -2.27. The molecule has 0 aliphatic heterocycles. The molecule has 0 radical (unpaired) electrons. The molecule has 2 nitrogen and oxygen atoms in total. The van der Waals surface area contributed by atoms with Gasteiger partial charge in [0.2, 0.25) is 0 Å². The zero-order valence-electron chi connectivity index (χ0n) is 8.88. The number of hydrogen-bond acceptors (Lipinski definition) is 2. The number of Topliss-reactive ketones (excluding diaryl/α,β-unsaturated/α-hetero) is 1. The van der Waals surface area contributed by atoms with Crippen molar-refractivity contribution in [3.05, 3.63) is 0 Å². The van der Waals surface area contributed by atoms with Crippen LogP contribution in [0.3, 0.4) is 0 Å². The van der Waals surface area contributed by atoms with Crippen molar-refractivity contribution in [3.8, 4) is 0 Å². The summed E-state index contributed by atoms with van der Waals surface area (Å²) in [4.78, 5) is 13.5. The molecule has 0 heterocycles. The highest BCUT2D eigenvalue weighted by atomic mass is 16.1. The van der Waals surface area contributed by atoms with Crippen molar-refractivity contribution < 1.29 is 4.79 Å². The Morgan fingerprint density at radius 3 is 2.54 bits per heavy atom. The molecule has 0 aromatic carbocycles. The van der Waals surface area contributed by atoms with E-state index in [1.807, 2.05) is 0 Å². The Morgan fingerprint density at radius 2 is 2.15 bits per heavy atom. The fourth-order valence-corrected chi connectivity index (χ4v) is 1.85. The number of hydrogen-bond donors (Lipinski definition) is 0. The van der Waals surface area contributed by atoms with E-state index >= 15 is 0 Å². The summed E-state index contributed by atoms with van der Waals surface area (Å²) in [6.45, 7) is 7.81. The minimum atomic E-state index is 0.408. The second-order valence-electron chi connectivity index (χ2n) is 3.92. The number of nitrogens with zero attached hydrogens (tertiary/aromatic N) is 1. The summed E-state index contributed by atoms with van der Waals surface area (Å²) in [6.07, 6.45) is 4.28. The summed E-state index contributed by atoms with van der Waals surface area (Å²) in [5, 5.41) is 0. The molecule has 1 aliphatic carbocycles. The summed E-state index contributed by atoms with van der Waals surface area (Å²) in [6, 6.07) is 0. The van der Waals surface area contributed by atoms with E-state index in [1.165, 1.54) is 13.0 Å². The summed E-state index contributed by atoms with van der Waals surface area (Å²) < 4.78 is 0. The average molecular weight is 183 g/mol. The van der Waals surface area contributed by atoms with Gasteiger partial charge in [-0.2, -0.15) is 0 Å². The van der Waals surface area contributed by atoms with Gasteiger partial charge >= 0.3 is 0 Å². The molecule has 1 atom stereocenters. The Labute approximate surface area is 81.3 Å². The molecule has 13 heavy (non-hydrogen) atoms. The highest BCUT2D eigenvalue weighted by Crippen LogP contribution is 2.25. The van der Waals surface area contributed by atoms with Crippen LogP contribution in [0, 0.1) is 5.92 Å². The Bertz CT molecular complexity index is 167. The molecule has 1 aliphatic rings. The average Bonchev–Trinajstić information content (AvgIpc) is 2.14. The largest absolute Gasteiger partial charge is 0.304 e. The summed E-state index contributed by atoms with van der Waals surface area (Å²) in [7, 11) is 0. The first-order valence-corrected chi connectivity index (χ1v) is 5.53. The van der Waals surface area contributed by atoms with Crippen molar-refractivity contribution in [1.29, 1.82) is 0 Å². The fraction of sp³-hybridized carbons (Fsp3) is 0.909. The van der Waals surface area contributed by atoms with Crippen LogP contribution in [-0.2, 0) is 4.79 Å². The molecule has 0 spiro atoms. The lowest BCUT2D eigenvalue weighted by molar-refractivity contribution is -0.129. The van der Waals surface area contributed by atoms with E-state index in [2.05, 4.69) is 18.7 Å². The van der Waals surface area contributed by atoms with E-state index in [-0.39, 0.29) is 0 Å². The molecule has 2 heteroatoms. The van der Waals surface area contributed by atoms with Gasteiger partial charge in [0.05, 0.1) is 0 Å². The molecule has 0 aromatic heterocycles. The maximum absolute atomic E-state index is 11.1. The number of rotatable bonds is 6. The minimum Gasteiger partial charge on any atom is -0.304 e. The molecule has 1 unspecified atom stereocenters. The Morgan fingerprint density at radius 1 is 1.38 bits per heavy atom. The smallest absolute Gasteiger partial charge is 0.136 e. The third-order valence-corrected chi connectivity index (χ3v) is 2.98. The Balaban J connectivity index is 2.11. The summed E-state index contributed by atoms with van der Waals surface area (Å²) in [5.74, 6) is 0.901. The van der Waals surface area contributed by atoms with E-state index in [1.54, 1.807) is 0 Å². The topological polar surface area (TPSA) is 20.3 Å². The maximum Gasteiger partial charge on any atom is 0.136 e. The predicted molar refractivity (Wildman–Crippen MR) is 54.8 cm³/mol. The molecule has 0 aromatic rings. The van der Waals surface area contributed by atoms with Crippen molar-refractivity contribution >= 4 is 5.78 Å². The van der Waals surface area contributed by atoms with Crippen LogP contribution in [0.2, 0.25) is 0 Å².